The standard InChI is InChI=1S/C59H73N3O12S3/c1-37-22-24-40-42-32-48-50(34-46(42)56(3,4)44(40)30-37)61(27-14-12-20-54(63)60-36-38(2)76(69,70)71)52(58(48,7)8)18-17-19-53-59(9,26-13-10-11-21-55(64)65)49-33-43-41-25-23-39(77(72,73)74)31-45(41)57(5,6)47(43)35-51(49)62(53)28-15-16-29-75(66,67)68/h17-19,22-25,30-35,38H,10-16,20-21,26-29,36H2,1-9H3,(H4-,60,63,64,65,66,67,68,69,70,71,72,73,74)/p+1. The summed E-state index contributed by atoms with van der Waals surface area (Å²) in [4.78, 5) is 26.5. The summed E-state index contributed by atoms with van der Waals surface area (Å²) in [7, 11) is -13.0. The molecule has 0 radical (unpaired) electrons. The van der Waals surface area contributed by atoms with Gasteiger partial charge in [-0.05, 0) is 153 Å². The summed E-state index contributed by atoms with van der Waals surface area (Å²) in [5, 5.41) is 11.0. The van der Waals surface area contributed by atoms with Crippen molar-refractivity contribution in [1.29, 1.82) is 0 Å². The zero-order valence-electron chi connectivity index (χ0n) is 45.7. The van der Waals surface area contributed by atoms with E-state index < -0.39 is 63.6 Å². The quantitative estimate of drug-likeness (QED) is 0.0280. The number of amides is 1. The van der Waals surface area contributed by atoms with Crippen LogP contribution in [0.15, 0.2) is 89.5 Å². The van der Waals surface area contributed by atoms with Gasteiger partial charge in [-0.15, -0.1) is 0 Å². The molecule has 15 nitrogen and oxygen atoms in total. The largest absolute Gasteiger partial charge is 0.481 e. The van der Waals surface area contributed by atoms with Gasteiger partial charge < -0.3 is 15.3 Å². The molecule has 4 aromatic rings. The number of fused-ring (bicyclic) bond motifs is 8. The number of nitrogens with one attached hydrogen (secondary N) is 1. The predicted octanol–water partition coefficient (Wildman–Crippen LogP) is 10.7. The Balaban J connectivity index is 1.23. The fourth-order valence-corrected chi connectivity index (χ4v) is 13.8. The third-order valence-electron chi connectivity index (χ3n) is 16.9. The molecule has 2 atom stereocenters. The molecule has 2 heterocycles. The molecule has 0 aromatic heterocycles. The molecule has 0 fully saturated rings. The van der Waals surface area contributed by atoms with Crippen molar-refractivity contribution < 1.29 is 58.2 Å². The maximum absolute atomic E-state index is 12.9. The van der Waals surface area contributed by atoms with Crippen LogP contribution in [-0.4, -0.2) is 96.8 Å². The molecule has 1 amide bonds. The van der Waals surface area contributed by atoms with Gasteiger partial charge in [0, 0.05) is 77.7 Å². The number of carboxylic acids is 1. The Morgan fingerprint density at radius 2 is 1.29 bits per heavy atom. The second kappa shape index (κ2) is 20.9. The van der Waals surface area contributed by atoms with E-state index in [1.165, 1.54) is 46.9 Å². The molecule has 4 aliphatic rings. The Hall–Kier alpha value is -5.50. The third kappa shape index (κ3) is 11.2. The van der Waals surface area contributed by atoms with Crippen LogP contribution in [0.5, 0.6) is 0 Å². The monoisotopic (exact) mass is 1110 g/mol. The lowest BCUT2D eigenvalue weighted by atomic mass is 9.75. The Morgan fingerprint density at radius 1 is 0.675 bits per heavy atom. The maximum Gasteiger partial charge on any atom is 0.303 e. The normalized spacial score (nSPS) is 19.5. The van der Waals surface area contributed by atoms with Crippen molar-refractivity contribution in [3.63, 3.8) is 0 Å². The first kappa shape index (κ1) is 57.7. The van der Waals surface area contributed by atoms with Crippen molar-refractivity contribution in [2.75, 3.05) is 30.3 Å². The summed E-state index contributed by atoms with van der Waals surface area (Å²) in [5.74, 6) is -1.56. The smallest absolute Gasteiger partial charge is 0.303 e. The van der Waals surface area contributed by atoms with Crippen LogP contribution in [0, 0.1) is 6.92 Å². The highest BCUT2D eigenvalue weighted by atomic mass is 32.2. The lowest BCUT2D eigenvalue weighted by Crippen LogP contribution is -2.34. The van der Waals surface area contributed by atoms with Crippen LogP contribution in [0.2, 0.25) is 0 Å². The Bertz CT molecular complexity index is 3520. The van der Waals surface area contributed by atoms with Gasteiger partial charge in [-0.1, -0.05) is 76.4 Å². The Kier molecular flexibility index (Phi) is 15.7. The third-order valence-corrected chi connectivity index (χ3v) is 19.7. The van der Waals surface area contributed by atoms with Gasteiger partial charge in [0.05, 0.1) is 16.1 Å². The second-order valence-electron chi connectivity index (χ2n) is 23.4. The zero-order valence-corrected chi connectivity index (χ0v) is 48.1. The van der Waals surface area contributed by atoms with Crippen LogP contribution in [0.25, 0.3) is 22.3 Å². The van der Waals surface area contributed by atoms with Crippen LogP contribution in [-0.2, 0) is 61.6 Å². The Morgan fingerprint density at radius 3 is 1.92 bits per heavy atom. The van der Waals surface area contributed by atoms with Crippen LogP contribution in [0.1, 0.15) is 159 Å². The summed E-state index contributed by atoms with van der Waals surface area (Å²) < 4.78 is 103. The number of unbranched alkanes of at least 4 members (excludes halogenated alkanes) is 4. The summed E-state index contributed by atoms with van der Waals surface area (Å²) in [5.41, 5.74) is 13.6. The summed E-state index contributed by atoms with van der Waals surface area (Å²) in [6.07, 6.45) is 10.9. The van der Waals surface area contributed by atoms with Gasteiger partial charge in [0.25, 0.3) is 30.4 Å². The van der Waals surface area contributed by atoms with E-state index in [1.54, 1.807) is 6.07 Å². The summed E-state index contributed by atoms with van der Waals surface area (Å²) in [6, 6.07) is 20.3. The van der Waals surface area contributed by atoms with Gasteiger partial charge in [0.2, 0.25) is 11.6 Å². The number of aliphatic carboxylic acids is 1. The zero-order chi connectivity index (χ0) is 56.4. The van der Waals surface area contributed by atoms with E-state index >= 15 is 0 Å². The van der Waals surface area contributed by atoms with Crippen LogP contribution in [0.4, 0.5) is 11.4 Å². The van der Waals surface area contributed by atoms with Gasteiger partial charge in [-0.2, -0.15) is 29.8 Å². The first-order chi connectivity index (χ1) is 35.8. The van der Waals surface area contributed by atoms with E-state index in [0.717, 1.165) is 56.2 Å². The lowest BCUT2D eigenvalue weighted by Gasteiger charge is -2.31. The first-order valence-electron chi connectivity index (χ1n) is 26.6. The molecule has 5 N–H and O–H groups in total. The number of hydrogen-bond donors (Lipinski definition) is 5. The lowest BCUT2D eigenvalue weighted by molar-refractivity contribution is -0.438. The van der Waals surface area contributed by atoms with Gasteiger partial charge in [0.1, 0.15) is 11.8 Å². The molecule has 2 aliphatic carbocycles. The number of rotatable bonds is 22. The number of hydrogen-bond acceptors (Lipinski definition) is 9. The number of benzene rings is 4. The predicted molar refractivity (Wildman–Crippen MR) is 302 cm³/mol. The molecule has 0 saturated carbocycles. The molecular formula is C59H74N3O12S3+. The minimum absolute atomic E-state index is 0.0486. The number of carboxylic acid groups (broad SMARTS) is 1. The van der Waals surface area contributed by atoms with E-state index in [-0.39, 0.29) is 42.0 Å². The summed E-state index contributed by atoms with van der Waals surface area (Å²) >= 11 is 0. The van der Waals surface area contributed by atoms with Crippen molar-refractivity contribution in [2.45, 2.75) is 158 Å². The topological polar surface area (TPSA) is 236 Å². The molecule has 8 rings (SSSR count). The minimum atomic E-state index is -4.49. The molecule has 414 valence electrons. The van der Waals surface area contributed by atoms with Crippen molar-refractivity contribution in [2.24, 2.45) is 0 Å². The van der Waals surface area contributed by atoms with E-state index in [0.29, 0.717) is 58.0 Å². The number of nitrogens with zero attached hydrogens (tertiary/aromatic N) is 2. The molecule has 0 saturated heterocycles. The van der Waals surface area contributed by atoms with Crippen LogP contribution >= 0.6 is 0 Å². The molecule has 4 aromatic carbocycles. The van der Waals surface area contributed by atoms with Crippen molar-refractivity contribution in [3.05, 3.63) is 124 Å². The van der Waals surface area contributed by atoms with Gasteiger partial charge >= 0.3 is 5.97 Å². The number of aryl methyl sites for hydroxylation is 1. The average molecular weight is 1110 g/mol. The van der Waals surface area contributed by atoms with E-state index in [1.807, 2.05) is 13.8 Å². The molecule has 2 aliphatic heterocycles. The molecule has 0 spiro atoms. The van der Waals surface area contributed by atoms with Gasteiger partial charge in [-0.3, -0.25) is 23.2 Å². The first-order valence-corrected chi connectivity index (χ1v) is 31.2. The van der Waals surface area contributed by atoms with Gasteiger partial charge in [-0.25, -0.2) is 0 Å². The van der Waals surface area contributed by atoms with E-state index in [9.17, 15) is 53.6 Å². The maximum atomic E-state index is 12.9. The molecular weight excluding hydrogens is 1040 g/mol. The average Bonchev–Trinajstić information content (AvgIpc) is 4.09. The molecule has 0 bridgehead atoms. The highest BCUT2D eigenvalue weighted by molar-refractivity contribution is 7.86. The highest BCUT2D eigenvalue weighted by Gasteiger charge is 2.49. The number of carbonyl (C=O) groups excluding carboxylic acids is 1. The molecule has 2 unspecified atom stereocenters. The minimum Gasteiger partial charge on any atom is -0.481 e. The number of allylic oxidation sites excluding steroid dienone is 4. The van der Waals surface area contributed by atoms with Crippen molar-refractivity contribution >= 4 is 59.3 Å². The number of anilines is 1. The summed E-state index contributed by atoms with van der Waals surface area (Å²) in [6.45, 7) is 19.4. The number of carbonyl (C=O) groups is 2. The van der Waals surface area contributed by atoms with Crippen LogP contribution in [0.3, 0.4) is 0 Å². The Labute approximate surface area is 454 Å². The van der Waals surface area contributed by atoms with Crippen molar-refractivity contribution in [3.8, 4) is 22.3 Å². The second-order valence-corrected chi connectivity index (χ2v) is 28.2. The van der Waals surface area contributed by atoms with Gasteiger partial charge in [0.15, 0.2) is 5.71 Å². The fourth-order valence-electron chi connectivity index (χ4n) is 12.4. The molecule has 18 heteroatoms. The van der Waals surface area contributed by atoms with Crippen molar-refractivity contribution in [1.82, 2.24) is 5.32 Å². The van der Waals surface area contributed by atoms with Crippen LogP contribution < -0.4 is 10.2 Å². The van der Waals surface area contributed by atoms with E-state index in [4.69, 9.17) is 0 Å². The highest BCUT2D eigenvalue weighted by Crippen LogP contribution is 2.58. The molecule has 77 heavy (non-hydrogen) atoms. The fraction of sp³-hybridized carbons (Fsp3) is 0.475. The SMILES string of the molecule is Cc1ccc2c(c1)C(C)(C)c1cc3c(cc1-2)C(C)(C)C(C=CC=C1N(CCCCS(=O)(=O)O)c2cc4c(cc2C1(C)CCCCCC(=O)O)-c1ccc(S(=O)(=O)O)cc1C4(C)C)=[N+]3CCCCC(=O)NCC(C)S(=O)(=O)O. The van der Waals surface area contributed by atoms with E-state index in [2.05, 4.69) is 117 Å².